The van der Waals surface area contributed by atoms with E-state index in [1.807, 2.05) is 0 Å². The van der Waals surface area contributed by atoms with Gasteiger partial charge in [-0.3, -0.25) is 4.79 Å². The summed E-state index contributed by atoms with van der Waals surface area (Å²) in [7, 11) is 0. The lowest BCUT2D eigenvalue weighted by atomic mass is 9.62. The van der Waals surface area contributed by atoms with Crippen molar-refractivity contribution in [3.63, 3.8) is 0 Å². The molecule has 23 heavy (non-hydrogen) atoms. The van der Waals surface area contributed by atoms with E-state index in [4.69, 9.17) is 4.74 Å². The average Bonchev–Trinajstić information content (AvgIpc) is 2.94. The van der Waals surface area contributed by atoms with Crippen LogP contribution in [-0.4, -0.2) is 28.6 Å². The van der Waals surface area contributed by atoms with E-state index in [1.165, 1.54) is 13.3 Å². The number of rotatable bonds is 4. The normalized spacial score (nSPS) is 45.0. The van der Waals surface area contributed by atoms with Crippen LogP contribution in [0.2, 0.25) is 0 Å². The first-order chi connectivity index (χ1) is 10.7. The Morgan fingerprint density at radius 2 is 2.04 bits per heavy atom. The van der Waals surface area contributed by atoms with Crippen LogP contribution in [0.3, 0.4) is 0 Å². The van der Waals surface area contributed by atoms with Gasteiger partial charge in [-0.25, -0.2) is 4.79 Å². The number of Topliss-reactive ketones (excluding diaryl/α,β-unsaturated/α-hetero) is 1. The van der Waals surface area contributed by atoms with E-state index in [-0.39, 0.29) is 17.4 Å². The number of carbonyl (C=O) groups excluding carboxylic acids is 2. The third-order valence-corrected chi connectivity index (χ3v) is 6.91. The Morgan fingerprint density at radius 1 is 1.30 bits per heavy atom. The molecule has 0 aromatic carbocycles. The van der Waals surface area contributed by atoms with E-state index in [0.717, 1.165) is 38.5 Å². The summed E-state index contributed by atoms with van der Waals surface area (Å²) in [5.41, 5.74) is -1.14. The molecule has 4 nitrogen and oxygen atoms in total. The van der Waals surface area contributed by atoms with Gasteiger partial charge in [0.25, 0.3) is 0 Å². The molecule has 130 valence electrons. The number of esters is 1. The van der Waals surface area contributed by atoms with Crippen LogP contribution in [0.25, 0.3) is 0 Å². The zero-order valence-corrected chi connectivity index (χ0v) is 14.6. The van der Waals surface area contributed by atoms with Crippen LogP contribution in [0.15, 0.2) is 0 Å². The first kappa shape index (κ1) is 16.9. The van der Waals surface area contributed by atoms with Gasteiger partial charge in [-0.2, -0.15) is 0 Å². The van der Waals surface area contributed by atoms with Gasteiger partial charge in [-0.15, -0.1) is 0 Å². The molecule has 6 atom stereocenters. The van der Waals surface area contributed by atoms with Crippen molar-refractivity contribution in [2.75, 3.05) is 0 Å². The van der Waals surface area contributed by atoms with E-state index in [9.17, 15) is 14.7 Å². The minimum Gasteiger partial charge on any atom is -0.460 e. The molecule has 4 unspecified atom stereocenters. The van der Waals surface area contributed by atoms with Crippen molar-refractivity contribution in [3.05, 3.63) is 0 Å². The topological polar surface area (TPSA) is 63.6 Å². The Hall–Kier alpha value is -0.900. The lowest BCUT2D eigenvalue weighted by Crippen LogP contribution is -2.39. The molecule has 1 aliphatic heterocycles. The quantitative estimate of drug-likeness (QED) is 0.807. The second kappa shape index (κ2) is 5.87. The molecule has 0 spiro atoms. The van der Waals surface area contributed by atoms with Gasteiger partial charge in [-0.05, 0) is 62.7 Å². The van der Waals surface area contributed by atoms with Gasteiger partial charge < -0.3 is 9.84 Å². The lowest BCUT2D eigenvalue weighted by Gasteiger charge is -2.42. The Morgan fingerprint density at radius 3 is 2.70 bits per heavy atom. The highest BCUT2D eigenvalue weighted by Gasteiger charge is 2.52. The number of aliphatic hydroxyl groups is 1. The predicted octanol–water partition coefficient (Wildman–Crippen LogP) is 3.25. The highest BCUT2D eigenvalue weighted by atomic mass is 16.6. The maximum absolute atomic E-state index is 12.2. The molecule has 0 radical (unpaired) electrons. The first-order valence-electron chi connectivity index (χ1n) is 9.20. The summed E-state index contributed by atoms with van der Waals surface area (Å²) < 4.78 is 5.30. The van der Waals surface area contributed by atoms with Crippen LogP contribution >= 0.6 is 0 Å². The molecule has 3 fully saturated rings. The summed E-state index contributed by atoms with van der Waals surface area (Å²) in [6.45, 7) is 6.14. The zero-order valence-electron chi connectivity index (χ0n) is 14.6. The molecule has 1 heterocycles. The summed E-state index contributed by atoms with van der Waals surface area (Å²) in [6.07, 6.45) is 7.25. The second-order valence-corrected chi connectivity index (χ2v) is 8.62. The van der Waals surface area contributed by atoms with Crippen molar-refractivity contribution < 1.29 is 19.4 Å². The Kier molecular flexibility index (Phi) is 4.33. The number of hydrogen-bond acceptors (Lipinski definition) is 4. The molecule has 4 heteroatoms. The second-order valence-electron chi connectivity index (χ2n) is 8.62. The SMILES string of the molecule is CC(CC[C@H]1C[C@@](C)(O)C(=O)O1)C1CCC2C(=O)CCCC21C. The fraction of sp³-hybridized carbons (Fsp3) is 0.895. The summed E-state index contributed by atoms with van der Waals surface area (Å²) >= 11 is 0. The molecule has 0 aromatic heterocycles. The Bertz CT molecular complexity index is 498. The number of cyclic esters (lactones) is 1. The molecule has 2 saturated carbocycles. The summed E-state index contributed by atoms with van der Waals surface area (Å²) in [6, 6.07) is 0. The van der Waals surface area contributed by atoms with E-state index >= 15 is 0 Å². The van der Waals surface area contributed by atoms with Crippen molar-refractivity contribution in [2.24, 2.45) is 23.2 Å². The average molecular weight is 322 g/mol. The van der Waals surface area contributed by atoms with Gasteiger partial charge in [0.05, 0.1) is 0 Å². The smallest absolute Gasteiger partial charge is 0.338 e. The van der Waals surface area contributed by atoms with E-state index < -0.39 is 11.6 Å². The van der Waals surface area contributed by atoms with Crippen LogP contribution in [0.1, 0.15) is 72.1 Å². The van der Waals surface area contributed by atoms with Gasteiger partial charge in [0, 0.05) is 18.8 Å². The molecule has 1 saturated heterocycles. The third-order valence-electron chi connectivity index (χ3n) is 6.91. The molecule has 1 N–H and O–H groups in total. The van der Waals surface area contributed by atoms with Crippen LogP contribution in [0, 0.1) is 23.2 Å². The van der Waals surface area contributed by atoms with Crippen LogP contribution in [-0.2, 0) is 14.3 Å². The molecule has 2 aliphatic carbocycles. The summed E-state index contributed by atoms with van der Waals surface area (Å²) in [4.78, 5) is 23.8. The van der Waals surface area contributed by atoms with Crippen molar-refractivity contribution >= 4 is 11.8 Å². The van der Waals surface area contributed by atoms with Crippen molar-refractivity contribution in [3.8, 4) is 0 Å². The van der Waals surface area contributed by atoms with E-state index in [0.29, 0.717) is 24.0 Å². The fourth-order valence-corrected chi connectivity index (χ4v) is 5.56. The molecule has 3 aliphatic rings. The first-order valence-corrected chi connectivity index (χ1v) is 9.20. The van der Waals surface area contributed by atoms with Crippen LogP contribution < -0.4 is 0 Å². The standard InChI is InChI=1S/C19H30O4/c1-12(6-7-13-11-19(3,22)17(21)23-13)14-8-9-15-16(20)5-4-10-18(14,15)2/h12-15,22H,4-11H2,1-3H3/t12?,13-,14?,15?,18?,19+/m0/s1. The molecular formula is C19H30O4. The highest BCUT2D eigenvalue weighted by molar-refractivity contribution is 5.83. The van der Waals surface area contributed by atoms with E-state index in [1.54, 1.807) is 0 Å². The molecule has 0 aromatic rings. The summed E-state index contributed by atoms with van der Waals surface area (Å²) in [5.74, 6) is 1.39. The minimum atomic E-state index is -1.31. The Labute approximate surface area is 139 Å². The molecule has 0 amide bonds. The van der Waals surface area contributed by atoms with Crippen molar-refractivity contribution in [1.29, 1.82) is 0 Å². The fourth-order valence-electron chi connectivity index (χ4n) is 5.56. The zero-order chi connectivity index (χ0) is 16.8. The van der Waals surface area contributed by atoms with Gasteiger partial charge in [-0.1, -0.05) is 13.8 Å². The summed E-state index contributed by atoms with van der Waals surface area (Å²) in [5, 5.41) is 9.92. The number of hydrogen-bond donors (Lipinski definition) is 1. The largest absolute Gasteiger partial charge is 0.460 e. The minimum absolute atomic E-state index is 0.155. The van der Waals surface area contributed by atoms with Gasteiger partial charge in [0.1, 0.15) is 11.9 Å². The highest BCUT2D eigenvalue weighted by Crippen LogP contribution is 2.57. The number of ketones is 1. The van der Waals surface area contributed by atoms with Crippen molar-refractivity contribution in [1.82, 2.24) is 0 Å². The number of carbonyl (C=O) groups is 2. The van der Waals surface area contributed by atoms with E-state index in [2.05, 4.69) is 13.8 Å². The predicted molar refractivity (Wildman–Crippen MR) is 86.7 cm³/mol. The van der Waals surface area contributed by atoms with Gasteiger partial charge >= 0.3 is 5.97 Å². The van der Waals surface area contributed by atoms with Crippen LogP contribution in [0.4, 0.5) is 0 Å². The van der Waals surface area contributed by atoms with Gasteiger partial charge in [0.2, 0.25) is 0 Å². The molecule has 3 rings (SSSR count). The maximum Gasteiger partial charge on any atom is 0.338 e. The Balaban J connectivity index is 1.58. The lowest BCUT2D eigenvalue weighted by molar-refractivity contribution is -0.153. The third kappa shape index (κ3) is 2.95. The molecule has 0 bridgehead atoms. The van der Waals surface area contributed by atoms with Crippen molar-refractivity contribution in [2.45, 2.75) is 83.8 Å². The van der Waals surface area contributed by atoms with Crippen LogP contribution in [0.5, 0.6) is 0 Å². The maximum atomic E-state index is 12.2. The monoisotopic (exact) mass is 322 g/mol. The number of ether oxygens (including phenoxy) is 1. The number of fused-ring (bicyclic) bond motifs is 1. The molecular weight excluding hydrogens is 292 g/mol. The van der Waals surface area contributed by atoms with Gasteiger partial charge in [0.15, 0.2) is 5.60 Å².